The molecule has 0 aliphatic carbocycles. The van der Waals surface area contributed by atoms with Gasteiger partial charge in [0.15, 0.2) is 0 Å². The lowest BCUT2D eigenvalue weighted by Gasteiger charge is -2.07. The van der Waals surface area contributed by atoms with Crippen LogP contribution in [0.3, 0.4) is 0 Å². The van der Waals surface area contributed by atoms with E-state index in [2.05, 4.69) is 14.2 Å². The Morgan fingerprint density at radius 1 is 1.19 bits per heavy atom. The molecule has 0 unspecified atom stereocenters. The van der Waals surface area contributed by atoms with Crippen molar-refractivity contribution in [2.45, 2.75) is 12.7 Å². The molecule has 0 fully saturated rings. The van der Waals surface area contributed by atoms with Crippen molar-refractivity contribution in [1.29, 1.82) is 0 Å². The van der Waals surface area contributed by atoms with Crippen LogP contribution >= 0.6 is 0 Å². The Balaban J connectivity index is 2.63. The van der Waals surface area contributed by atoms with E-state index in [-0.39, 0.29) is 12.4 Å². The average Bonchev–Trinajstić information content (AvgIpc) is 2.45. The normalized spacial score (nSPS) is 11.0. The first-order valence-electron chi connectivity index (χ1n) is 6.18. The zero-order valence-electron chi connectivity index (χ0n) is 11.8. The molecule has 0 radical (unpaired) electrons. The smallest absolute Gasteiger partial charge is 0.337 e. The lowest BCUT2D eigenvalue weighted by molar-refractivity contribution is -0.141. The van der Waals surface area contributed by atoms with Crippen molar-refractivity contribution in [3.8, 4) is 0 Å². The Morgan fingerprint density at radius 3 is 2.33 bits per heavy atom. The molecule has 0 bridgehead atoms. The molecule has 8 heteroatoms. The third-order valence-corrected chi connectivity index (χ3v) is 3.77. The Morgan fingerprint density at radius 2 is 1.81 bits per heavy atom. The van der Waals surface area contributed by atoms with Crippen LogP contribution in [0.2, 0.25) is 0 Å². The highest BCUT2D eigenvalue weighted by atomic mass is 32.2. The summed E-state index contributed by atoms with van der Waals surface area (Å²) in [5, 5.41) is 0. The minimum atomic E-state index is -3.65. The molecule has 0 heterocycles. The molecule has 116 valence electrons. The molecule has 1 aromatic carbocycles. The van der Waals surface area contributed by atoms with Crippen molar-refractivity contribution in [2.75, 3.05) is 20.3 Å². The van der Waals surface area contributed by atoms with E-state index in [1.165, 1.54) is 31.4 Å². The van der Waals surface area contributed by atoms with E-state index in [0.29, 0.717) is 11.1 Å². The Labute approximate surface area is 123 Å². The van der Waals surface area contributed by atoms with Crippen LogP contribution in [0.4, 0.5) is 0 Å². The molecule has 0 aromatic heterocycles. The highest BCUT2D eigenvalue weighted by Gasteiger charge is 2.14. The predicted octanol–water partition coefficient (Wildman–Crippen LogP) is 0.456. The van der Waals surface area contributed by atoms with Crippen LogP contribution in [-0.2, 0) is 30.0 Å². The topological polar surface area (TPSA) is 98.8 Å². The van der Waals surface area contributed by atoms with Gasteiger partial charge in [-0.2, -0.15) is 0 Å². The molecule has 1 aromatic rings. The van der Waals surface area contributed by atoms with Gasteiger partial charge < -0.3 is 9.47 Å². The summed E-state index contributed by atoms with van der Waals surface area (Å²) in [6.07, 6.45) is 0. The van der Waals surface area contributed by atoms with Crippen LogP contribution in [0, 0.1) is 0 Å². The fraction of sp³-hybridized carbons (Fsp3) is 0.385. The van der Waals surface area contributed by atoms with Gasteiger partial charge in [0.25, 0.3) is 0 Å². The summed E-state index contributed by atoms with van der Waals surface area (Å²) >= 11 is 0. The first kappa shape index (κ1) is 17.1. The van der Waals surface area contributed by atoms with E-state index in [0.717, 1.165) is 0 Å². The molecule has 0 aliphatic rings. The number of hydrogen-bond donors (Lipinski definition) is 1. The second kappa shape index (κ2) is 7.75. The molecule has 0 spiro atoms. The van der Waals surface area contributed by atoms with E-state index in [4.69, 9.17) is 0 Å². The first-order chi connectivity index (χ1) is 9.88. The van der Waals surface area contributed by atoms with E-state index in [1.54, 1.807) is 6.92 Å². The maximum absolute atomic E-state index is 11.8. The fourth-order valence-electron chi connectivity index (χ4n) is 1.51. The van der Waals surface area contributed by atoms with Gasteiger partial charge in [-0.1, -0.05) is 12.1 Å². The number of benzene rings is 1. The number of rotatable bonds is 7. The summed E-state index contributed by atoms with van der Waals surface area (Å²) in [5.74, 6) is -1.43. The highest BCUT2D eigenvalue weighted by Crippen LogP contribution is 2.08. The monoisotopic (exact) mass is 315 g/mol. The van der Waals surface area contributed by atoms with Gasteiger partial charge in [-0.3, -0.25) is 4.79 Å². The van der Waals surface area contributed by atoms with Gasteiger partial charge in [0.05, 0.1) is 25.0 Å². The molecule has 1 rings (SSSR count). The summed E-state index contributed by atoms with van der Waals surface area (Å²) < 4.78 is 34.9. The van der Waals surface area contributed by atoms with Gasteiger partial charge in [0.1, 0.15) is 6.54 Å². The summed E-state index contributed by atoms with van der Waals surface area (Å²) in [5.41, 5.74) is 0.817. The van der Waals surface area contributed by atoms with Crippen molar-refractivity contribution in [1.82, 2.24) is 4.72 Å². The third-order valence-electron chi connectivity index (χ3n) is 2.47. The molecular weight excluding hydrogens is 298 g/mol. The molecule has 7 nitrogen and oxygen atoms in total. The van der Waals surface area contributed by atoms with Crippen LogP contribution < -0.4 is 4.72 Å². The number of esters is 2. The molecule has 1 N–H and O–H groups in total. The van der Waals surface area contributed by atoms with Crippen LogP contribution in [-0.4, -0.2) is 40.6 Å². The van der Waals surface area contributed by atoms with Crippen LogP contribution in [0.15, 0.2) is 24.3 Å². The lowest BCUT2D eigenvalue weighted by Crippen LogP contribution is -2.31. The largest absolute Gasteiger partial charge is 0.465 e. The minimum absolute atomic E-state index is 0.190. The summed E-state index contributed by atoms with van der Waals surface area (Å²) in [4.78, 5) is 22.3. The SMILES string of the molecule is CCOC(=O)CNS(=O)(=O)Cc1ccc(C(=O)OC)cc1. The summed E-state index contributed by atoms with van der Waals surface area (Å²) in [6.45, 7) is 1.42. The maximum Gasteiger partial charge on any atom is 0.337 e. The summed E-state index contributed by atoms with van der Waals surface area (Å²) in [6, 6.07) is 5.97. The molecule has 0 saturated carbocycles. The number of hydrogen-bond acceptors (Lipinski definition) is 6. The van der Waals surface area contributed by atoms with E-state index in [9.17, 15) is 18.0 Å². The Hall–Kier alpha value is -1.93. The van der Waals surface area contributed by atoms with Gasteiger partial charge in [0, 0.05) is 0 Å². The van der Waals surface area contributed by atoms with Crippen molar-refractivity contribution in [2.24, 2.45) is 0 Å². The third kappa shape index (κ3) is 5.92. The number of ether oxygens (including phenoxy) is 2. The van der Waals surface area contributed by atoms with Crippen LogP contribution in [0.25, 0.3) is 0 Å². The van der Waals surface area contributed by atoms with E-state index >= 15 is 0 Å². The van der Waals surface area contributed by atoms with E-state index < -0.39 is 28.5 Å². The second-order valence-corrected chi connectivity index (χ2v) is 5.88. The molecular formula is C13H17NO6S. The molecule has 0 atom stereocenters. The lowest BCUT2D eigenvalue weighted by atomic mass is 10.1. The van der Waals surface area contributed by atoms with Crippen molar-refractivity contribution < 1.29 is 27.5 Å². The molecule has 21 heavy (non-hydrogen) atoms. The van der Waals surface area contributed by atoms with Gasteiger partial charge >= 0.3 is 11.9 Å². The van der Waals surface area contributed by atoms with Crippen molar-refractivity contribution >= 4 is 22.0 Å². The first-order valence-corrected chi connectivity index (χ1v) is 7.83. The minimum Gasteiger partial charge on any atom is -0.465 e. The number of carbonyl (C=O) groups excluding carboxylic acids is 2. The molecule has 0 aliphatic heterocycles. The Kier molecular flexibility index (Phi) is 6.32. The van der Waals surface area contributed by atoms with Gasteiger partial charge in [-0.05, 0) is 24.6 Å². The second-order valence-electron chi connectivity index (χ2n) is 4.07. The maximum atomic E-state index is 11.8. The fourth-order valence-corrected chi connectivity index (χ4v) is 2.58. The van der Waals surface area contributed by atoms with Gasteiger partial charge in [-0.15, -0.1) is 0 Å². The quantitative estimate of drug-likeness (QED) is 0.734. The predicted molar refractivity (Wildman–Crippen MR) is 75.0 cm³/mol. The van der Waals surface area contributed by atoms with Gasteiger partial charge in [0.2, 0.25) is 10.0 Å². The number of methoxy groups -OCH3 is 1. The summed E-state index contributed by atoms with van der Waals surface area (Å²) in [7, 11) is -2.39. The van der Waals surface area contributed by atoms with Crippen molar-refractivity contribution in [3.63, 3.8) is 0 Å². The van der Waals surface area contributed by atoms with Crippen LogP contribution in [0.5, 0.6) is 0 Å². The molecule has 0 saturated heterocycles. The Bertz CT molecular complexity index is 594. The van der Waals surface area contributed by atoms with E-state index in [1.807, 2.05) is 0 Å². The number of sulfonamides is 1. The number of carbonyl (C=O) groups is 2. The molecule has 0 amide bonds. The zero-order chi connectivity index (χ0) is 15.9. The zero-order valence-corrected chi connectivity index (χ0v) is 12.6. The standard InChI is InChI=1S/C13H17NO6S/c1-3-20-12(15)8-14-21(17,18)9-10-4-6-11(7-5-10)13(16)19-2/h4-7,14H,3,8-9H2,1-2H3. The van der Waals surface area contributed by atoms with Crippen LogP contribution in [0.1, 0.15) is 22.8 Å². The number of nitrogens with one attached hydrogen (secondary N) is 1. The van der Waals surface area contributed by atoms with Gasteiger partial charge in [-0.25, -0.2) is 17.9 Å². The van der Waals surface area contributed by atoms with Crippen molar-refractivity contribution in [3.05, 3.63) is 35.4 Å². The average molecular weight is 315 g/mol. The highest BCUT2D eigenvalue weighted by molar-refractivity contribution is 7.88.